The van der Waals surface area contributed by atoms with Crippen LogP contribution >= 0.6 is 0 Å². The summed E-state index contributed by atoms with van der Waals surface area (Å²) >= 11 is 0. The van der Waals surface area contributed by atoms with E-state index in [-0.39, 0.29) is 10.9 Å². The summed E-state index contributed by atoms with van der Waals surface area (Å²) in [4.78, 5) is 3.66. The Morgan fingerprint density at radius 3 is 0.800 bits per heavy atom. The fourth-order valence-corrected chi connectivity index (χ4v) is 9.43. The van der Waals surface area contributed by atoms with Gasteiger partial charge in [0.25, 0.3) is 0 Å². The van der Waals surface area contributed by atoms with Crippen molar-refractivity contribution in [3.8, 4) is 0 Å². The number of benzene rings is 3. The van der Waals surface area contributed by atoms with Crippen LogP contribution in [-0.2, 0) is 27.7 Å². The van der Waals surface area contributed by atoms with Gasteiger partial charge in [0, 0.05) is 0 Å². The van der Waals surface area contributed by atoms with E-state index >= 15 is 0 Å². The van der Waals surface area contributed by atoms with Crippen LogP contribution in [0.5, 0.6) is 0 Å². The molecule has 0 radical (unpaired) electrons. The molecule has 6 rings (SSSR count). The summed E-state index contributed by atoms with van der Waals surface area (Å²) in [5, 5.41) is 34.0. The van der Waals surface area contributed by atoms with Crippen LogP contribution in [0.25, 0.3) is 0 Å². The Morgan fingerprint density at radius 2 is 0.575 bits per heavy atom. The molecule has 4 heteroatoms. The molecule has 3 aliphatic carbocycles. The van der Waals surface area contributed by atoms with E-state index in [1.165, 1.54) is 33.9 Å². The molecule has 0 spiro atoms. The van der Waals surface area contributed by atoms with Gasteiger partial charge in [-0.15, -0.1) is 0 Å². The van der Waals surface area contributed by atoms with Gasteiger partial charge < -0.3 is 15.3 Å². The molecular weight excluding hydrogens is 512 g/mol. The van der Waals surface area contributed by atoms with Gasteiger partial charge in [0.15, 0.2) is 14.7 Å². The van der Waals surface area contributed by atoms with E-state index in [1.807, 2.05) is 0 Å². The molecule has 212 valence electrons. The van der Waals surface area contributed by atoms with Crippen molar-refractivity contribution in [3.63, 3.8) is 0 Å². The standard InChI is InChI=1S/C36H45O3S/c37-34(22-4-1-5-23-34)28-10-16-31(17-11-28)40(32-18-12-29(13-19-32)35(38)24-6-2-7-25-35)33-20-14-30(15-21-33)36(39)26-8-3-9-27-36/h10-21,37-39H,1-9,22-27H2/q+1. The van der Waals surface area contributed by atoms with Gasteiger partial charge in [-0.25, -0.2) is 0 Å². The Morgan fingerprint density at radius 1 is 0.350 bits per heavy atom. The lowest BCUT2D eigenvalue weighted by molar-refractivity contribution is -0.000999. The SMILES string of the molecule is OC1(c2ccc([S+](c3ccc(C4(O)CCCCC4)cc3)c3ccc(C4(O)CCCCC4)cc3)cc2)CCCCC1. The maximum absolute atomic E-state index is 11.3. The first-order valence-electron chi connectivity index (χ1n) is 15.6. The molecule has 3 aromatic carbocycles. The van der Waals surface area contributed by atoms with Crippen molar-refractivity contribution in [1.29, 1.82) is 0 Å². The lowest BCUT2D eigenvalue weighted by Gasteiger charge is -2.33. The molecule has 40 heavy (non-hydrogen) atoms. The molecule has 0 aliphatic heterocycles. The molecule has 0 aromatic heterocycles. The van der Waals surface area contributed by atoms with E-state index in [9.17, 15) is 15.3 Å². The third-order valence-corrected chi connectivity index (χ3v) is 12.2. The fourth-order valence-electron chi connectivity index (χ4n) is 7.39. The van der Waals surface area contributed by atoms with Gasteiger partial charge in [-0.3, -0.25) is 0 Å². The maximum atomic E-state index is 11.3. The Hall–Kier alpha value is -2.11. The Bertz CT molecular complexity index is 1090. The topological polar surface area (TPSA) is 60.7 Å². The van der Waals surface area contributed by atoms with E-state index < -0.39 is 16.8 Å². The van der Waals surface area contributed by atoms with Crippen molar-refractivity contribution in [2.75, 3.05) is 0 Å². The minimum Gasteiger partial charge on any atom is -0.385 e. The molecule has 0 heterocycles. The summed E-state index contributed by atoms with van der Waals surface area (Å²) in [6.07, 6.45) is 15.2. The van der Waals surface area contributed by atoms with Crippen molar-refractivity contribution >= 4 is 10.9 Å². The van der Waals surface area contributed by atoms with Crippen LogP contribution in [0.4, 0.5) is 0 Å². The molecule has 0 bridgehead atoms. The number of hydrogen-bond donors (Lipinski definition) is 3. The third-order valence-electron chi connectivity index (χ3n) is 9.92. The van der Waals surface area contributed by atoms with Crippen LogP contribution in [0.15, 0.2) is 87.5 Å². The number of rotatable bonds is 6. The lowest BCUT2D eigenvalue weighted by atomic mass is 9.80. The normalized spacial score (nSPS) is 22.2. The van der Waals surface area contributed by atoms with E-state index in [4.69, 9.17) is 0 Å². The second kappa shape index (κ2) is 11.6. The number of aliphatic hydroxyl groups is 3. The predicted molar refractivity (Wildman–Crippen MR) is 162 cm³/mol. The molecule has 3 aliphatic rings. The Labute approximate surface area is 243 Å². The first-order chi connectivity index (χ1) is 19.4. The van der Waals surface area contributed by atoms with Gasteiger partial charge in [-0.1, -0.05) is 94.2 Å². The van der Waals surface area contributed by atoms with Crippen molar-refractivity contribution in [1.82, 2.24) is 0 Å². The molecule has 0 atom stereocenters. The summed E-state index contributed by atoms with van der Waals surface area (Å²) in [5.74, 6) is 0. The fraction of sp³-hybridized carbons (Fsp3) is 0.500. The quantitative estimate of drug-likeness (QED) is 0.268. The van der Waals surface area contributed by atoms with Crippen LogP contribution in [0, 0.1) is 0 Å². The average molecular weight is 558 g/mol. The van der Waals surface area contributed by atoms with Crippen molar-refractivity contribution in [2.24, 2.45) is 0 Å². The van der Waals surface area contributed by atoms with Gasteiger partial charge >= 0.3 is 0 Å². The zero-order chi connectivity index (χ0) is 27.6. The van der Waals surface area contributed by atoms with Crippen LogP contribution in [-0.4, -0.2) is 15.3 Å². The largest absolute Gasteiger partial charge is 0.385 e. The van der Waals surface area contributed by atoms with E-state index in [0.717, 1.165) is 93.7 Å². The zero-order valence-corrected chi connectivity index (χ0v) is 24.6. The van der Waals surface area contributed by atoms with E-state index in [1.54, 1.807) is 0 Å². The van der Waals surface area contributed by atoms with Crippen molar-refractivity contribution in [3.05, 3.63) is 89.5 Å². The first-order valence-corrected chi connectivity index (χ1v) is 16.8. The molecule has 0 saturated heterocycles. The molecule has 3 nitrogen and oxygen atoms in total. The highest BCUT2D eigenvalue weighted by molar-refractivity contribution is 7.97. The molecule has 0 unspecified atom stereocenters. The highest BCUT2D eigenvalue weighted by Gasteiger charge is 2.36. The summed E-state index contributed by atoms with van der Waals surface area (Å²) < 4.78 is 0. The molecule has 3 aromatic rings. The zero-order valence-electron chi connectivity index (χ0n) is 23.8. The minimum atomic E-state index is -0.705. The first kappa shape index (κ1) is 28.0. The summed E-state index contributed by atoms with van der Waals surface area (Å²) in [7, 11) is -0.340. The Balaban J connectivity index is 1.34. The molecule has 3 fully saturated rings. The van der Waals surface area contributed by atoms with Gasteiger partial charge in [-0.2, -0.15) is 0 Å². The second-order valence-corrected chi connectivity index (χ2v) is 14.7. The highest BCUT2D eigenvalue weighted by Crippen LogP contribution is 2.42. The van der Waals surface area contributed by atoms with Crippen LogP contribution in [0.1, 0.15) is 113 Å². The lowest BCUT2D eigenvalue weighted by Crippen LogP contribution is -2.28. The van der Waals surface area contributed by atoms with Gasteiger partial charge in [0.05, 0.1) is 27.7 Å². The highest BCUT2D eigenvalue weighted by atomic mass is 32.2. The molecule has 3 saturated carbocycles. The van der Waals surface area contributed by atoms with Crippen LogP contribution in [0.2, 0.25) is 0 Å². The Kier molecular flexibility index (Phi) is 8.16. The number of hydrogen-bond acceptors (Lipinski definition) is 3. The van der Waals surface area contributed by atoms with Crippen molar-refractivity contribution in [2.45, 2.75) is 128 Å². The monoisotopic (exact) mass is 557 g/mol. The summed E-state index contributed by atoms with van der Waals surface area (Å²) in [6.45, 7) is 0. The van der Waals surface area contributed by atoms with E-state index in [0.29, 0.717) is 0 Å². The van der Waals surface area contributed by atoms with Crippen molar-refractivity contribution < 1.29 is 15.3 Å². The summed E-state index contributed by atoms with van der Waals surface area (Å²) in [5.41, 5.74) is 0.981. The molecular formula is C36H45O3S+. The average Bonchev–Trinajstić information content (AvgIpc) is 2.99. The van der Waals surface area contributed by atoms with Crippen LogP contribution in [0.3, 0.4) is 0 Å². The summed E-state index contributed by atoms with van der Waals surface area (Å²) in [6, 6.07) is 26.1. The van der Waals surface area contributed by atoms with Gasteiger partial charge in [-0.05, 0) is 91.6 Å². The minimum absolute atomic E-state index is 0.340. The third kappa shape index (κ3) is 5.66. The van der Waals surface area contributed by atoms with E-state index in [2.05, 4.69) is 72.8 Å². The maximum Gasteiger partial charge on any atom is 0.166 e. The van der Waals surface area contributed by atoms with Gasteiger partial charge in [0.2, 0.25) is 0 Å². The predicted octanol–water partition coefficient (Wildman–Crippen LogP) is 8.24. The molecule has 3 N–H and O–H groups in total. The molecule has 0 amide bonds. The van der Waals surface area contributed by atoms with Crippen LogP contribution < -0.4 is 0 Å². The van der Waals surface area contributed by atoms with Gasteiger partial charge in [0.1, 0.15) is 0 Å². The smallest absolute Gasteiger partial charge is 0.166 e. The second-order valence-electron chi connectivity index (χ2n) is 12.7.